The zero-order chi connectivity index (χ0) is 11.5. The summed E-state index contributed by atoms with van der Waals surface area (Å²) in [6, 6.07) is 0. The highest BCUT2D eigenvalue weighted by atomic mass is 35.5. The number of ether oxygens (including phenoxy) is 1. The molecule has 0 aliphatic heterocycles. The van der Waals surface area contributed by atoms with Crippen molar-refractivity contribution in [2.24, 2.45) is 5.73 Å². The minimum Gasteiger partial charge on any atom is -0.465 e. The fourth-order valence-corrected chi connectivity index (χ4v) is 1.28. The molecule has 2 N–H and O–H groups in total. The van der Waals surface area contributed by atoms with Gasteiger partial charge in [-0.1, -0.05) is 11.6 Å². The maximum atomic E-state index is 11.5. The molecule has 0 saturated carbocycles. The van der Waals surface area contributed by atoms with Crippen LogP contribution in [0.3, 0.4) is 0 Å². The van der Waals surface area contributed by atoms with Gasteiger partial charge in [0.15, 0.2) is 0 Å². The van der Waals surface area contributed by atoms with E-state index < -0.39 is 11.5 Å². The first kappa shape index (κ1) is 12.0. The highest BCUT2D eigenvalue weighted by Gasteiger charge is 2.30. The lowest BCUT2D eigenvalue weighted by molar-refractivity contribution is -0.149. The van der Waals surface area contributed by atoms with E-state index in [0.29, 0.717) is 11.6 Å². The summed E-state index contributed by atoms with van der Waals surface area (Å²) in [5.74, 6) is -0.448. The van der Waals surface area contributed by atoms with Gasteiger partial charge in [0.2, 0.25) is 0 Å². The Bertz CT molecular complexity index is 349. The highest BCUT2D eigenvalue weighted by Crippen LogP contribution is 2.10. The Morgan fingerprint density at radius 2 is 2.47 bits per heavy atom. The van der Waals surface area contributed by atoms with Gasteiger partial charge in [0.05, 0.1) is 24.4 Å². The molecule has 0 aliphatic rings. The Hall–Kier alpha value is -1.07. The number of halogens is 1. The predicted molar refractivity (Wildman–Crippen MR) is 56.5 cm³/mol. The monoisotopic (exact) mass is 231 g/mol. The molecule has 0 amide bonds. The van der Waals surface area contributed by atoms with Gasteiger partial charge in [-0.2, -0.15) is 5.10 Å². The lowest BCUT2D eigenvalue weighted by atomic mass is 10.1. The van der Waals surface area contributed by atoms with Gasteiger partial charge in [0, 0.05) is 6.20 Å². The summed E-state index contributed by atoms with van der Waals surface area (Å²) in [6.07, 6.45) is 3.09. The smallest absolute Gasteiger partial charge is 0.327 e. The molecule has 15 heavy (non-hydrogen) atoms. The van der Waals surface area contributed by atoms with Crippen LogP contribution in [0.2, 0.25) is 5.02 Å². The molecule has 0 aliphatic carbocycles. The molecule has 1 atom stereocenters. The SMILES string of the molecule is CCOC(=O)C(C)(N)Cn1cc(Cl)cn1. The first-order valence-corrected chi connectivity index (χ1v) is 4.97. The van der Waals surface area contributed by atoms with Crippen LogP contribution in [-0.2, 0) is 16.1 Å². The standard InChI is InChI=1S/C9H14ClN3O2/c1-3-15-8(14)9(2,11)6-13-5-7(10)4-12-13/h4-5H,3,6,11H2,1-2H3. The number of hydrogen-bond donors (Lipinski definition) is 1. The molecule has 0 saturated heterocycles. The van der Waals surface area contributed by atoms with Crippen LogP contribution in [0.1, 0.15) is 13.8 Å². The Morgan fingerprint density at radius 3 is 2.93 bits per heavy atom. The molecular formula is C9H14ClN3O2. The molecule has 1 aromatic heterocycles. The number of nitrogens with zero attached hydrogens (tertiary/aromatic N) is 2. The molecule has 0 bridgehead atoms. The van der Waals surface area contributed by atoms with Crippen molar-refractivity contribution in [3.8, 4) is 0 Å². The molecule has 0 spiro atoms. The van der Waals surface area contributed by atoms with E-state index in [4.69, 9.17) is 22.1 Å². The first-order valence-electron chi connectivity index (χ1n) is 4.60. The van der Waals surface area contributed by atoms with Gasteiger partial charge in [-0.3, -0.25) is 4.68 Å². The molecule has 1 aromatic rings. The predicted octanol–water partition coefficient (Wildman–Crippen LogP) is 0.817. The van der Waals surface area contributed by atoms with Gasteiger partial charge in [0.25, 0.3) is 0 Å². The molecule has 84 valence electrons. The quantitative estimate of drug-likeness (QED) is 0.779. The van der Waals surface area contributed by atoms with Crippen molar-refractivity contribution in [2.75, 3.05) is 6.61 Å². The van der Waals surface area contributed by atoms with Crippen molar-refractivity contribution in [3.05, 3.63) is 17.4 Å². The fraction of sp³-hybridized carbons (Fsp3) is 0.556. The second-order valence-electron chi connectivity index (χ2n) is 3.49. The van der Waals surface area contributed by atoms with Gasteiger partial charge < -0.3 is 10.5 Å². The molecule has 0 aromatic carbocycles. The van der Waals surface area contributed by atoms with Crippen LogP contribution in [0.25, 0.3) is 0 Å². The minimum absolute atomic E-state index is 0.235. The largest absolute Gasteiger partial charge is 0.465 e. The van der Waals surface area contributed by atoms with Gasteiger partial charge in [-0.15, -0.1) is 0 Å². The average molecular weight is 232 g/mol. The summed E-state index contributed by atoms with van der Waals surface area (Å²) in [7, 11) is 0. The van der Waals surface area contributed by atoms with Gasteiger partial charge >= 0.3 is 5.97 Å². The molecule has 1 heterocycles. The van der Waals surface area contributed by atoms with Crippen molar-refractivity contribution < 1.29 is 9.53 Å². The summed E-state index contributed by atoms with van der Waals surface area (Å²) < 4.78 is 6.36. The van der Waals surface area contributed by atoms with Crippen molar-refractivity contribution >= 4 is 17.6 Å². The molecule has 0 fully saturated rings. The van der Waals surface area contributed by atoms with Crippen LogP contribution in [0, 0.1) is 0 Å². The maximum Gasteiger partial charge on any atom is 0.327 e. The Kier molecular flexibility index (Phi) is 3.71. The lowest BCUT2D eigenvalue weighted by Gasteiger charge is -2.21. The maximum absolute atomic E-state index is 11.5. The number of hydrogen-bond acceptors (Lipinski definition) is 4. The highest BCUT2D eigenvalue weighted by molar-refractivity contribution is 6.30. The van der Waals surface area contributed by atoms with Crippen LogP contribution in [0.5, 0.6) is 0 Å². The van der Waals surface area contributed by atoms with Crippen LogP contribution < -0.4 is 5.73 Å². The number of aromatic nitrogens is 2. The number of carbonyl (C=O) groups excluding carboxylic acids is 1. The van der Waals surface area contributed by atoms with E-state index in [1.165, 1.54) is 10.9 Å². The van der Waals surface area contributed by atoms with Gasteiger partial charge in [0.1, 0.15) is 5.54 Å². The van der Waals surface area contributed by atoms with E-state index in [9.17, 15) is 4.79 Å². The van der Waals surface area contributed by atoms with E-state index in [2.05, 4.69) is 5.10 Å². The molecular weight excluding hydrogens is 218 g/mol. The lowest BCUT2D eigenvalue weighted by Crippen LogP contribution is -2.49. The summed E-state index contributed by atoms with van der Waals surface area (Å²) in [6.45, 7) is 3.88. The van der Waals surface area contributed by atoms with E-state index in [-0.39, 0.29) is 6.54 Å². The third-order valence-corrected chi connectivity index (χ3v) is 2.03. The summed E-state index contributed by atoms with van der Waals surface area (Å²) >= 11 is 5.69. The van der Waals surface area contributed by atoms with Crippen molar-refractivity contribution in [2.45, 2.75) is 25.9 Å². The van der Waals surface area contributed by atoms with Crippen molar-refractivity contribution in [1.82, 2.24) is 9.78 Å². The topological polar surface area (TPSA) is 70.1 Å². The van der Waals surface area contributed by atoms with E-state index >= 15 is 0 Å². The molecule has 0 radical (unpaired) electrons. The summed E-state index contributed by atoms with van der Waals surface area (Å²) in [5.41, 5.74) is 4.72. The zero-order valence-corrected chi connectivity index (χ0v) is 9.49. The van der Waals surface area contributed by atoms with Crippen LogP contribution >= 0.6 is 11.6 Å². The number of esters is 1. The van der Waals surface area contributed by atoms with Crippen LogP contribution in [0.15, 0.2) is 12.4 Å². The summed E-state index contributed by atoms with van der Waals surface area (Å²) in [5, 5.41) is 4.45. The normalized spacial score (nSPS) is 14.7. The second-order valence-corrected chi connectivity index (χ2v) is 3.93. The molecule has 5 nitrogen and oxygen atoms in total. The second kappa shape index (κ2) is 4.63. The third kappa shape index (κ3) is 3.21. The number of carbonyl (C=O) groups is 1. The number of nitrogens with two attached hydrogens (primary N) is 1. The Morgan fingerprint density at radius 1 is 1.80 bits per heavy atom. The molecule has 1 unspecified atom stereocenters. The first-order chi connectivity index (χ1) is 6.95. The van der Waals surface area contributed by atoms with E-state index in [1.807, 2.05) is 0 Å². The average Bonchev–Trinajstić information content (AvgIpc) is 2.50. The van der Waals surface area contributed by atoms with Crippen molar-refractivity contribution in [1.29, 1.82) is 0 Å². The van der Waals surface area contributed by atoms with E-state index in [1.54, 1.807) is 20.0 Å². The van der Waals surface area contributed by atoms with Gasteiger partial charge in [-0.25, -0.2) is 4.79 Å². The van der Waals surface area contributed by atoms with Crippen molar-refractivity contribution in [3.63, 3.8) is 0 Å². The fourth-order valence-electron chi connectivity index (χ4n) is 1.12. The Labute approximate surface area is 93.1 Å². The summed E-state index contributed by atoms with van der Waals surface area (Å²) in [4.78, 5) is 11.5. The van der Waals surface area contributed by atoms with Crippen LogP contribution in [-0.4, -0.2) is 27.9 Å². The van der Waals surface area contributed by atoms with Gasteiger partial charge in [-0.05, 0) is 13.8 Å². The number of rotatable bonds is 4. The zero-order valence-electron chi connectivity index (χ0n) is 8.74. The Balaban J connectivity index is 2.67. The molecule has 6 heteroatoms. The minimum atomic E-state index is -1.09. The van der Waals surface area contributed by atoms with Crippen LogP contribution in [0.4, 0.5) is 0 Å². The van der Waals surface area contributed by atoms with E-state index in [0.717, 1.165) is 0 Å². The molecule has 1 rings (SSSR count). The third-order valence-electron chi connectivity index (χ3n) is 1.83.